The van der Waals surface area contributed by atoms with Gasteiger partial charge in [-0.2, -0.15) is 13.2 Å². The molecule has 1 aromatic heterocycles. The molecule has 1 aliphatic rings. The van der Waals surface area contributed by atoms with Crippen LogP contribution < -0.4 is 15.8 Å². The summed E-state index contributed by atoms with van der Waals surface area (Å²) in [6.07, 6.45) is -4.67. The lowest BCUT2D eigenvalue weighted by Gasteiger charge is -2.33. The van der Waals surface area contributed by atoms with Gasteiger partial charge in [-0.05, 0) is 25.0 Å². The second-order valence-electron chi connectivity index (χ2n) is 7.27. The van der Waals surface area contributed by atoms with Gasteiger partial charge in [-0.25, -0.2) is 4.79 Å². The number of benzene rings is 1. The van der Waals surface area contributed by atoms with Crippen LogP contribution in [-0.4, -0.2) is 59.3 Å². The zero-order chi connectivity index (χ0) is 23.5. The van der Waals surface area contributed by atoms with Crippen LogP contribution in [0.4, 0.5) is 13.2 Å². The van der Waals surface area contributed by atoms with Gasteiger partial charge in [0.25, 0.3) is 5.91 Å². The smallest absolute Gasteiger partial charge is 0.435 e. The highest BCUT2D eigenvalue weighted by Gasteiger charge is 2.40. The SMILES string of the molecule is O=C(NCC(O)CN1CCC(Oc2ccc(Cl)c(Cl)c2)CC1)c1oc(=O)[nH]c1C(F)(F)F. The van der Waals surface area contributed by atoms with Gasteiger partial charge in [0.15, 0.2) is 5.69 Å². The fourth-order valence-electron chi connectivity index (χ4n) is 3.29. The van der Waals surface area contributed by atoms with Gasteiger partial charge in [0, 0.05) is 32.2 Å². The lowest BCUT2D eigenvalue weighted by atomic mass is 10.1. The van der Waals surface area contributed by atoms with Gasteiger partial charge in [0.1, 0.15) is 11.9 Å². The fraction of sp³-hybridized carbons (Fsp3) is 0.474. The molecule has 13 heteroatoms. The maximum Gasteiger partial charge on any atom is 0.435 e. The van der Waals surface area contributed by atoms with Gasteiger partial charge < -0.3 is 24.5 Å². The van der Waals surface area contributed by atoms with E-state index in [1.54, 1.807) is 18.2 Å². The number of aromatic nitrogens is 1. The topological polar surface area (TPSA) is 108 Å². The van der Waals surface area contributed by atoms with E-state index < -0.39 is 35.4 Å². The Morgan fingerprint density at radius 2 is 2.00 bits per heavy atom. The summed E-state index contributed by atoms with van der Waals surface area (Å²) in [6.45, 7) is 1.11. The van der Waals surface area contributed by atoms with Crippen LogP contribution >= 0.6 is 23.2 Å². The number of oxazole rings is 1. The molecular weight excluding hydrogens is 478 g/mol. The predicted octanol–water partition coefficient (Wildman–Crippen LogP) is 2.93. The van der Waals surface area contributed by atoms with Crippen LogP contribution in [0.1, 0.15) is 29.1 Å². The number of nitrogens with one attached hydrogen (secondary N) is 2. The zero-order valence-electron chi connectivity index (χ0n) is 16.5. The van der Waals surface area contributed by atoms with E-state index in [-0.39, 0.29) is 19.2 Å². The van der Waals surface area contributed by atoms with Crippen LogP contribution in [0.25, 0.3) is 0 Å². The third-order valence-corrected chi connectivity index (χ3v) is 5.57. The molecule has 0 saturated carbocycles. The average molecular weight is 498 g/mol. The van der Waals surface area contributed by atoms with Crippen molar-refractivity contribution in [3.05, 3.63) is 50.2 Å². The highest BCUT2D eigenvalue weighted by Crippen LogP contribution is 2.30. The number of H-pyrrole nitrogens is 1. The molecule has 1 saturated heterocycles. The number of aliphatic hydroxyl groups excluding tert-OH is 1. The molecule has 0 aliphatic carbocycles. The number of carbonyl (C=O) groups excluding carboxylic acids is 1. The molecule has 0 bridgehead atoms. The highest BCUT2D eigenvalue weighted by molar-refractivity contribution is 6.42. The fourth-order valence-corrected chi connectivity index (χ4v) is 3.58. The molecule has 176 valence electrons. The van der Waals surface area contributed by atoms with E-state index in [1.165, 1.54) is 4.98 Å². The molecule has 2 heterocycles. The predicted molar refractivity (Wildman–Crippen MR) is 109 cm³/mol. The first kappa shape index (κ1) is 24.4. The van der Waals surface area contributed by atoms with Crippen LogP contribution in [0.5, 0.6) is 5.75 Å². The van der Waals surface area contributed by atoms with E-state index in [0.29, 0.717) is 41.7 Å². The zero-order valence-corrected chi connectivity index (χ0v) is 18.1. The summed E-state index contributed by atoms with van der Waals surface area (Å²) in [6, 6.07) is 5.01. The summed E-state index contributed by atoms with van der Waals surface area (Å²) in [5.41, 5.74) is -1.57. The number of aromatic amines is 1. The van der Waals surface area contributed by atoms with Crippen molar-refractivity contribution >= 4 is 29.1 Å². The minimum Gasteiger partial charge on any atom is -0.490 e. The Balaban J connectivity index is 1.43. The van der Waals surface area contributed by atoms with Crippen molar-refractivity contribution in [1.82, 2.24) is 15.2 Å². The van der Waals surface area contributed by atoms with E-state index in [1.807, 2.05) is 4.90 Å². The van der Waals surface area contributed by atoms with Gasteiger partial charge in [-0.1, -0.05) is 23.2 Å². The molecule has 1 unspecified atom stereocenters. The number of ether oxygens (including phenoxy) is 1. The Labute approximate surface area is 190 Å². The van der Waals surface area contributed by atoms with Gasteiger partial charge in [-0.15, -0.1) is 0 Å². The van der Waals surface area contributed by atoms with Crippen LogP contribution in [0.3, 0.4) is 0 Å². The normalized spacial score (nSPS) is 16.7. The Morgan fingerprint density at radius 3 is 2.62 bits per heavy atom. The molecule has 1 atom stereocenters. The molecule has 1 aliphatic heterocycles. The Hall–Kier alpha value is -2.21. The molecule has 1 amide bonds. The number of nitrogens with zero attached hydrogens (tertiary/aromatic N) is 1. The standard InChI is InChI=1S/C19H20Cl2F3N3O5/c20-13-2-1-12(7-14(13)21)31-11-3-5-27(6-4-11)9-10(28)8-25-17(29)15-16(19(22,23)24)26-18(30)32-15/h1-2,7,10-11,28H,3-6,8-9H2,(H,25,29)(H,26,30). The number of β-amino-alcohol motifs (C(OH)–C–C–N with tert-alkyl or cyclic N) is 1. The molecule has 3 rings (SSSR count). The quantitative estimate of drug-likeness (QED) is 0.542. The molecular formula is C19H20Cl2F3N3O5. The molecule has 0 radical (unpaired) electrons. The van der Waals surface area contributed by atoms with Crippen LogP contribution in [0, 0.1) is 0 Å². The van der Waals surface area contributed by atoms with E-state index in [9.17, 15) is 27.9 Å². The number of halogens is 5. The van der Waals surface area contributed by atoms with E-state index >= 15 is 0 Å². The maximum atomic E-state index is 12.8. The van der Waals surface area contributed by atoms with Crippen molar-refractivity contribution in [2.45, 2.75) is 31.2 Å². The summed E-state index contributed by atoms with van der Waals surface area (Å²) < 4.78 is 48.7. The number of alkyl halides is 3. The minimum absolute atomic E-state index is 0.0439. The number of hydrogen-bond acceptors (Lipinski definition) is 6. The largest absolute Gasteiger partial charge is 0.490 e. The molecule has 8 nitrogen and oxygen atoms in total. The first-order chi connectivity index (χ1) is 15.0. The summed E-state index contributed by atoms with van der Waals surface area (Å²) in [5, 5.41) is 13.1. The Bertz CT molecular complexity index is 1000. The van der Waals surface area contributed by atoms with Crippen molar-refractivity contribution in [2.75, 3.05) is 26.2 Å². The van der Waals surface area contributed by atoms with Gasteiger partial charge in [-0.3, -0.25) is 9.78 Å². The lowest BCUT2D eigenvalue weighted by Crippen LogP contribution is -2.45. The lowest BCUT2D eigenvalue weighted by molar-refractivity contribution is -0.141. The number of rotatable bonds is 7. The second-order valence-corrected chi connectivity index (χ2v) is 8.09. The van der Waals surface area contributed by atoms with Crippen molar-refractivity contribution in [3.63, 3.8) is 0 Å². The number of likely N-dealkylation sites (tertiary alicyclic amines) is 1. The first-order valence-electron chi connectivity index (χ1n) is 9.63. The van der Waals surface area contributed by atoms with E-state index in [4.69, 9.17) is 27.9 Å². The van der Waals surface area contributed by atoms with Gasteiger partial charge in [0.05, 0.1) is 16.1 Å². The minimum atomic E-state index is -4.96. The molecule has 32 heavy (non-hydrogen) atoms. The van der Waals surface area contributed by atoms with Crippen molar-refractivity contribution in [3.8, 4) is 5.75 Å². The molecule has 1 aromatic carbocycles. The third kappa shape index (κ3) is 6.41. The second kappa shape index (κ2) is 10.2. The van der Waals surface area contributed by atoms with Crippen molar-refractivity contribution in [2.24, 2.45) is 0 Å². The molecule has 2 aromatic rings. The highest BCUT2D eigenvalue weighted by atomic mass is 35.5. The summed E-state index contributed by atoms with van der Waals surface area (Å²) >= 11 is 11.9. The number of amides is 1. The molecule has 1 fully saturated rings. The third-order valence-electron chi connectivity index (χ3n) is 4.83. The van der Waals surface area contributed by atoms with Crippen molar-refractivity contribution < 1.29 is 32.2 Å². The number of hydrogen-bond donors (Lipinski definition) is 3. The average Bonchev–Trinajstić information content (AvgIpc) is 3.13. The molecule has 3 N–H and O–H groups in total. The van der Waals surface area contributed by atoms with E-state index in [0.717, 1.165) is 0 Å². The first-order valence-corrected chi connectivity index (χ1v) is 10.4. The Kier molecular flexibility index (Phi) is 7.75. The van der Waals surface area contributed by atoms with Crippen LogP contribution in [-0.2, 0) is 6.18 Å². The van der Waals surface area contributed by atoms with Gasteiger partial charge in [0.2, 0.25) is 5.76 Å². The summed E-state index contributed by atoms with van der Waals surface area (Å²) in [5.74, 6) is -3.21. The van der Waals surface area contributed by atoms with E-state index in [2.05, 4.69) is 9.73 Å². The monoisotopic (exact) mass is 497 g/mol. The van der Waals surface area contributed by atoms with Gasteiger partial charge >= 0.3 is 11.9 Å². The number of carbonyl (C=O) groups is 1. The number of piperidine rings is 1. The van der Waals surface area contributed by atoms with Crippen molar-refractivity contribution in [1.29, 1.82) is 0 Å². The maximum absolute atomic E-state index is 12.8. The van der Waals surface area contributed by atoms with Crippen LogP contribution in [0.15, 0.2) is 27.4 Å². The summed E-state index contributed by atoms with van der Waals surface area (Å²) in [7, 11) is 0. The molecule has 0 spiro atoms. The number of aliphatic hydroxyl groups is 1. The Morgan fingerprint density at radius 1 is 1.31 bits per heavy atom. The summed E-state index contributed by atoms with van der Waals surface area (Å²) in [4.78, 5) is 26.4. The van der Waals surface area contributed by atoms with Crippen LogP contribution in [0.2, 0.25) is 10.0 Å².